The molecule has 1 heterocycles. The average Bonchev–Trinajstić information content (AvgIpc) is 3.53. The first-order valence-corrected chi connectivity index (χ1v) is 14.6. The standard InChI is InChI=1S/C39H30N2O2/c1-39(2)33-14-8-6-12-29(33)31-22-26(17-19-34(31)39)41(24-42-38-28-11-5-4-10-25(28)16-20-35(38)40-3)27-18-21-37-32(23-27)30-13-7-9-15-36(30)43-37/h4-23H,3,24H2,1-2H3. The fourth-order valence-electron chi connectivity index (χ4n) is 6.69. The molecule has 0 spiro atoms. The van der Waals surface area contributed by atoms with E-state index in [1.54, 1.807) is 0 Å². The van der Waals surface area contributed by atoms with E-state index in [1.165, 1.54) is 22.3 Å². The molecule has 7 aromatic rings. The summed E-state index contributed by atoms with van der Waals surface area (Å²) in [6, 6.07) is 42.3. The zero-order chi connectivity index (χ0) is 29.1. The highest BCUT2D eigenvalue weighted by molar-refractivity contribution is 6.06. The van der Waals surface area contributed by atoms with Crippen LogP contribution < -0.4 is 9.64 Å². The van der Waals surface area contributed by atoms with Crippen molar-refractivity contribution in [3.8, 4) is 16.9 Å². The maximum atomic E-state index is 6.69. The number of furan rings is 1. The summed E-state index contributed by atoms with van der Waals surface area (Å²) in [7, 11) is 0. The van der Waals surface area contributed by atoms with Gasteiger partial charge in [0, 0.05) is 32.9 Å². The minimum absolute atomic E-state index is 0.0616. The first-order chi connectivity index (χ1) is 21.0. The number of ether oxygens (including phenoxy) is 1. The summed E-state index contributed by atoms with van der Waals surface area (Å²) in [4.78, 5) is 6.52. The lowest BCUT2D eigenvalue weighted by molar-refractivity contribution is 0.332. The van der Waals surface area contributed by atoms with Gasteiger partial charge in [0.1, 0.15) is 16.9 Å². The Bertz CT molecular complexity index is 2210. The Morgan fingerprint density at radius 1 is 0.674 bits per heavy atom. The molecule has 1 aliphatic carbocycles. The van der Waals surface area contributed by atoms with Crippen molar-refractivity contribution in [2.45, 2.75) is 19.3 Å². The van der Waals surface area contributed by atoms with Crippen LogP contribution in [0.2, 0.25) is 0 Å². The maximum Gasteiger partial charge on any atom is 0.165 e. The van der Waals surface area contributed by atoms with Gasteiger partial charge in [0.25, 0.3) is 0 Å². The number of hydrogen-bond acceptors (Lipinski definition) is 4. The van der Waals surface area contributed by atoms with E-state index in [-0.39, 0.29) is 12.1 Å². The lowest BCUT2D eigenvalue weighted by Gasteiger charge is -2.27. The second kappa shape index (κ2) is 9.60. The van der Waals surface area contributed by atoms with E-state index in [9.17, 15) is 0 Å². The highest BCUT2D eigenvalue weighted by Gasteiger charge is 2.35. The Morgan fingerprint density at radius 2 is 1.37 bits per heavy atom. The van der Waals surface area contributed by atoms with Crippen molar-refractivity contribution in [2.24, 2.45) is 4.99 Å². The third-order valence-corrected chi connectivity index (χ3v) is 8.92. The predicted octanol–water partition coefficient (Wildman–Crippen LogP) is 10.6. The Hall–Kier alpha value is -5.35. The minimum Gasteiger partial charge on any atom is -0.470 e. The van der Waals surface area contributed by atoms with Gasteiger partial charge in [-0.15, -0.1) is 0 Å². The zero-order valence-electron chi connectivity index (χ0n) is 24.2. The van der Waals surface area contributed by atoms with Gasteiger partial charge >= 0.3 is 0 Å². The molecule has 0 saturated heterocycles. The van der Waals surface area contributed by atoms with Crippen molar-refractivity contribution in [2.75, 3.05) is 11.6 Å². The molecular weight excluding hydrogens is 528 g/mol. The number of para-hydroxylation sites is 1. The smallest absolute Gasteiger partial charge is 0.165 e. The third kappa shape index (κ3) is 3.94. The summed E-state index contributed by atoms with van der Waals surface area (Å²) in [5.74, 6) is 0.723. The zero-order valence-corrected chi connectivity index (χ0v) is 24.2. The van der Waals surface area contributed by atoms with Crippen LogP contribution in [0.4, 0.5) is 17.1 Å². The number of nitrogens with zero attached hydrogens (tertiary/aromatic N) is 2. The SMILES string of the molecule is C=Nc1ccc2ccccc2c1OCN(c1ccc2c(c1)-c1ccccc1C2(C)C)c1ccc2oc3ccccc3c2c1. The molecule has 4 nitrogen and oxygen atoms in total. The normalized spacial score (nSPS) is 13.3. The van der Waals surface area contributed by atoms with E-state index in [1.807, 2.05) is 30.3 Å². The van der Waals surface area contributed by atoms with Crippen LogP contribution in [-0.4, -0.2) is 13.4 Å². The highest BCUT2D eigenvalue weighted by Crippen LogP contribution is 2.50. The molecule has 0 radical (unpaired) electrons. The molecule has 6 aromatic carbocycles. The Labute approximate surface area is 250 Å². The van der Waals surface area contributed by atoms with Gasteiger partial charge in [-0.2, -0.15) is 0 Å². The fourth-order valence-corrected chi connectivity index (χ4v) is 6.69. The second-order valence-electron chi connectivity index (χ2n) is 11.7. The summed E-state index contributed by atoms with van der Waals surface area (Å²) in [5.41, 5.74) is 9.70. The molecule has 8 rings (SSSR count). The largest absolute Gasteiger partial charge is 0.470 e. The van der Waals surface area contributed by atoms with Crippen LogP contribution in [0.25, 0.3) is 43.8 Å². The van der Waals surface area contributed by atoms with E-state index in [4.69, 9.17) is 9.15 Å². The van der Waals surface area contributed by atoms with Crippen molar-refractivity contribution in [3.05, 3.63) is 132 Å². The molecule has 4 heteroatoms. The van der Waals surface area contributed by atoms with E-state index in [2.05, 4.69) is 121 Å². The highest BCUT2D eigenvalue weighted by atomic mass is 16.5. The van der Waals surface area contributed by atoms with Crippen LogP contribution in [0.15, 0.2) is 131 Å². The average molecular weight is 559 g/mol. The summed E-state index contributed by atoms with van der Waals surface area (Å²) < 4.78 is 12.8. The van der Waals surface area contributed by atoms with Gasteiger partial charge in [-0.05, 0) is 76.8 Å². The molecule has 0 unspecified atom stereocenters. The molecule has 0 saturated carbocycles. The van der Waals surface area contributed by atoms with Gasteiger partial charge in [0.15, 0.2) is 12.5 Å². The summed E-state index contributed by atoms with van der Waals surface area (Å²) in [6.07, 6.45) is 0. The van der Waals surface area contributed by atoms with Gasteiger partial charge < -0.3 is 14.1 Å². The molecule has 0 atom stereocenters. The number of hydrogen-bond donors (Lipinski definition) is 0. The number of aliphatic imine (C=N–C) groups is 1. The molecule has 0 amide bonds. The van der Waals surface area contributed by atoms with E-state index in [0.717, 1.165) is 55.5 Å². The van der Waals surface area contributed by atoms with Crippen molar-refractivity contribution >= 4 is 56.5 Å². The number of fused-ring (bicyclic) bond motifs is 7. The molecule has 0 fully saturated rings. The van der Waals surface area contributed by atoms with Gasteiger partial charge in [-0.3, -0.25) is 4.99 Å². The molecule has 43 heavy (non-hydrogen) atoms. The van der Waals surface area contributed by atoms with Crippen LogP contribution in [0.5, 0.6) is 5.75 Å². The van der Waals surface area contributed by atoms with Gasteiger partial charge in [-0.25, -0.2) is 0 Å². The number of benzene rings is 6. The molecule has 208 valence electrons. The van der Waals surface area contributed by atoms with Crippen LogP contribution >= 0.6 is 0 Å². The van der Waals surface area contributed by atoms with E-state index in [0.29, 0.717) is 0 Å². The molecule has 0 bridgehead atoms. The van der Waals surface area contributed by atoms with E-state index < -0.39 is 0 Å². The maximum absolute atomic E-state index is 6.69. The topological polar surface area (TPSA) is 38.0 Å². The quantitative estimate of drug-likeness (QED) is 0.150. The van der Waals surface area contributed by atoms with Gasteiger partial charge in [-0.1, -0.05) is 92.7 Å². The lowest BCUT2D eigenvalue weighted by atomic mass is 9.82. The molecule has 1 aromatic heterocycles. The molecule has 1 aliphatic rings. The molecule has 0 N–H and O–H groups in total. The Balaban J connectivity index is 1.29. The Kier molecular flexibility index (Phi) is 5.66. The van der Waals surface area contributed by atoms with E-state index >= 15 is 0 Å². The van der Waals surface area contributed by atoms with Gasteiger partial charge in [0.05, 0.1) is 0 Å². The third-order valence-electron chi connectivity index (χ3n) is 8.92. The number of anilines is 2. The minimum atomic E-state index is -0.0616. The van der Waals surface area contributed by atoms with Crippen molar-refractivity contribution in [1.29, 1.82) is 0 Å². The predicted molar refractivity (Wildman–Crippen MR) is 179 cm³/mol. The monoisotopic (exact) mass is 558 g/mol. The van der Waals surface area contributed by atoms with Crippen LogP contribution in [0.3, 0.4) is 0 Å². The van der Waals surface area contributed by atoms with Crippen molar-refractivity contribution in [1.82, 2.24) is 0 Å². The molecular formula is C39H30N2O2. The summed E-state index contributed by atoms with van der Waals surface area (Å²) in [5, 5.41) is 4.27. The van der Waals surface area contributed by atoms with Crippen molar-refractivity contribution < 1.29 is 9.15 Å². The Morgan fingerprint density at radius 3 is 2.26 bits per heavy atom. The van der Waals surface area contributed by atoms with Crippen molar-refractivity contribution in [3.63, 3.8) is 0 Å². The number of rotatable bonds is 6. The van der Waals surface area contributed by atoms with Crippen LogP contribution in [-0.2, 0) is 5.41 Å². The summed E-state index contributed by atoms with van der Waals surface area (Å²) in [6.45, 7) is 8.71. The second-order valence-corrected chi connectivity index (χ2v) is 11.7. The fraction of sp³-hybridized carbons (Fsp3) is 0.103. The van der Waals surface area contributed by atoms with Crippen LogP contribution in [0.1, 0.15) is 25.0 Å². The van der Waals surface area contributed by atoms with Gasteiger partial charge in [0.2, 0.25) is 0 Å². The molecule has 0 aliphatic heterocycles. The summed E-state index contributed by atoms with van der Waals surface area (Å²) >= 11 is 0. The first-order valence-electron chi connectivity index (χ1n) is 14.6. The van der Waals surface area contributed by atoms with Crippen LogP contribution in [0, 0.1) is 0 Å². The first kappa shape index (κ1) is 25.4. The lowest BCUT2D eigenvalue weighted by Crippen LogP contribution is -2.23.